The van der Waals surface area contributed by atoms with E-state index in [9.17, 15) is 10.1 Å². The largest absolute Gasteiger partial charge is 0.419 e. The molecule has 128 valence electrons. The van der Waals surface area contributed by atoms with Gasteiger partial charge in [-0.25, -0.2) is 0 Å². The molecule has 0 spiro atoms. The molecule has 0 unspecified atom stereocenters. The lowest BCUT2D eigenvalue weighted by Gasteiger charge is -2.23. The molecule has 7 heteroatoms. The van der Waals surface area contributed by atoms with Crippen LogP contribution < -0.4 is 0 Å². The van der Waals surface area contributed by atoms with Gasteiger partial charge in [0, 0.05) is 23.7 Å². The van der Waals surface area contributed by atoms with Gasteiger partial charge in [-0.2, -0.15) is 0 Å². The summed E-state index contributed by atoms with van der Waals surface area (Å²) < 4.78 is 5.72. The van der Waals surface area contributed by atoms with Crippen LogP contribution in [0.3, 0.4) is 0 Å². The second-order valence-corrected chi connectivity index (χ2v) is 5.81. The summed E-state index contributed by atoms with van der Waals surface area (Å²) in [7, 11) is 1.91. The number of nitro benzene ring substituents is 1. The maximum Gasteiger partial charge on any atom is 0.269 e. The third-order valence-corrected chi connectivity index (χ3v) is 4.10. The molecular formula is C18H18N4O3. The third kappa shape index (κ3) is 3.89. The van der Waals surface area contributed by atoms with Crippen LogP contribution in [0.25, 0.3) is 11.5 Å². The van der Waals surface area contributed by atoms with Crippen LogP contribution in [0.4, 0.5) is 5.69 Å². The highest BCUT2D eigenvalue weighted by atomic mass is 16.6. The van der Waals surface area contributed by atoms with E-state index in [0.29, 0.717) is 18.3 Å². The first-order valence-electron chi connectivity index (χ1n) is 7.87. The molecule has 0 saturated carbocycles. The Morgan fingerprint density at radius 2 is 1.92 bits per heavy atom. The molecule has 1 heterocycles. The molecule has 0 aliphatic heterocycles. The number of benzene rings is 2. The maximum atomic E-state index is 10.9. The van der Waals surface area contributed by atoms with Gasteiger partial charge in [0.2, 0.25) is 11.8 Å². The Labute approximate surface area is 145 Å². The molecule has 0 fully saturated rings. The van der Waals surface area contributed by atoms with E-state index in [4.69, 9.17) is 4.42 Å². The van der Waals surface area contributed by atoms with Crippen LogP contribution in [0.1, 0.15) is 24.4 Å². The van der Waals surface area contributed by atoms with Gasteiger partial charge in [0.05, 0.1) is 11.5 Å². The third-order valence-electron chi connectivity index (χ3n) is 4.10. The van der Waals surface area contributed by atoms with E-state index in [1.165, 1.54) is 6.07 Å². The van der Waals surface area contributed by atoms with Crippen molar-refractivity contribution in [1.82, 2.24) is 15.1 Å². The summed E-state index contributed by atoms with van der Waals surface area (Å²) in [5.74, 6) is 0.977. The summed E-state index contributed by atoms with van der Waals surface area (Å²) in [5, 5.41) is 19.1. The van der Waals surface area contributed by atoms with Gasteiger partial charge in [0.25, 0.3) is 5.69 Å². The number of hydrogen-bond donors (Lipinski definition) is 0. The van der Waals surface area contributed by atoms with Crippen LogP contribution in [0, 0.1) is 10.1 Å². The number of aromatic nitrogens is 2. The van der Waals surface area contributed by atoms with Crippen molar-refractivity contribution in [2.45, 2.75) is 19.5 Å². The lowest BCUT2D eigenvalue weighted by molar-refractivity contribution is -0.384. The van der Waals surface area contributed by atoms with Crippen molar-refractivity contribution in [3.8, 4) is 11.5 Å². The smallest absolute Gasteiger partial charge is 0.269 e. The summed E-state index contributed by atoms with van der Waals surface area (Å²) in [5.41, 5.74) is 1.82. The molecule has 0 bridgehead atoms. The molecule has 0 N–H and O–H groups in total. The number of nitrogens with zero attached hydrogens (tertiary/aromatic N) is 4. The summed E-state index contributed by atoms with van der Waals surface area (Å²) in [4.78, 5) is 12.5. The molecule has 1 atom stereocenters. The molecule has 7 nitrogen and oxygen atoms in total. The summed E-state index contributed by atoms with van der Waals surface area (Å²) >= 11 is 0. The van der Waals surface area contributed by atoms with Crippen LogP contribution in [0.15, 0.2) is 59.0 Å². The number of non-ortho nitro benzene ring substituents is 1. The van der Waals surface area contributed by atoms with Crippen LogP contribution in [-0.4, -0.2) is 27.1 Å². The summed E-state index contributed by atoms with van der Waals surface area (Å²) in [6.45, 7) is 2.43. The quantitative estimate of drug-likeness (QED) is 0.501. The fraction of sp³-hybridized carbons (Fsp3) is 0.222. The second kappa shape index (κ2) is 7.23. The van der Waals surface area contributed by atoms with E-state index >= 15 is 0 Å². The van der Waals surface area contributed by atoms with Gasteiger partial charge in [-0.1, -0.05) is 30.3 Å². The van der Waals surface area contributed by atoms with Crippen molar-refractivity contribution >= 4 is 5.69 Å². The molecule has 3 aromatic rings. The molecule has 2 aromatic carbocycles. The van der Waals surface area contributed by atoms with E-state index in [2.05, 4.69) is 10.2 Å². The van der Waals surface area contributed by atoms with E-state index in [0.717, 1.165) is 11.1 Å². The van der Waals surface area contributed by atoms with Crippen molar-refractivity contribution in [3.63, 3.8) is 0 Å². The number of nitro groups is 1. The van der Waals surface area contributed by atoms with Crippen molar-refractivity contribution in [2.75, 3.05) is 7.05 Å². The zero-order valence-corrected chi connectivity index (χ0v) is 14.0. The first kappa shape index (κ1) is 16.8. The van der Waals surface area contributed by atoms with Crippen LogP contribution in [0.5, 0.6) is 0 Å². The molecule has 0 amide bonds. The Morgan fingerprint density at radius 1 is 1.16 bits per heavy atom. The Hall–Kier alpha value is -3.06. The average molecular weight is 338 g/mol. The Bertz CT molecular complexity index is 864. The highest BCUT2D eigenvalue weighted by Gasteiger charge is 2.18. The van der Waals surface area contributed by atoms with Gasteiger partial charge in [-0.05, 0) is 31.7 Å². The first-order chi connectivity index (χ1) is 12.0. The number of rotatable bonds is 6. The minimum absolute atomic E-state index is 0.0352. The highest BCUT2D eigenvalue weighted by molar-refractivity contribution is 5.51. The monoisotopic (exact) mass is 338 g/mol. The molecule has 3 rings (SSSR count). The Morgan fingerprint density at radius 3 is 2.64 bits per heavy atom. The van der Waals surface area contributed by atoms with E-state index in [-0.39, 0.29) is 16.7 Å². The normalized spacial score (nSPS) is 12.3. The predicted molar refractivity (Wildman–Crippen MR) is 92.7 cm³/mol. The van der Waals surface area contributed by atoms with Gasteiger partial charge in [-0.15, -0.1) is 10.2 Å². The molecule has 0 aliphatic carbocycles. The summed E-state index contributed by atoms with van der Waals surface area (Å²) in [6, 6.07) is 16.2. The average Bonchev–Trinajstić information content (AvgIpc) is 3.10. The molecule has 0 aliphatic rings. The molecule has 1 aromatic heterocycles. The van der Waals surface area contributed by atoms with E-state index in [1.807, 2.05) is 55.3 Å². The van der Waals surface area contributed by atoms with Gasteiger partial charge in [0.1, 0.15) is 0 Å². The molecule has 25 heavy (non-hydrogen) atoms. The predicted octanol–water partition coefficient (Wildman–Crippen LogP) is 3.84. The zero-order chi connectivity index (χ0) is 17.8. The van der Waals surface area contributed by atoms with E-state index in [1.54, 1.807) is 12.1 Å². The topological polar surface area (TPSA) is 85.3 Å². The van der Waals surface area contributed by atoms with Gasteiger partial charge in [0.15, 0.2) is 0 Å². The Kier molecular flexibility index (Phi) is 4.85. The van der Waals surface area contributed by atoms with Gasteiger partial charge < -0.3 is 4.42 Å². The maximum absolute atomic E-state index is 10.9. The number of hydrogen-bond acceptors (Lipinski definition) is 6. The zero-order valence-electron chi connectivity index (χ0n) is 14.0. The molecule has 0 saturated heterocycles. The SMILES string of the molecule is C[C@@H](c1cccc([N+](=O)[O-])c1)N(C)Cc1nnc(-c2ccccc2)o1. The lowest BCUT2D eigenvalue weighted by Crippen LogP contribution is -2.22. The van der Waals surface area contributed by atoms with Crippen LogP contribution in [-0.2, 0) is 6.54 Å². The second-order valence-electron chi connectivity index (χ2n) is 5.81. The van der Waals surface area contributed by atoms with Crippen molar-refractivity contribution in [2.24, 2.45) is 0 Å². The van der Waals surface area contributed by atoms with Crippen molar-refractivity contribution in [3.05, 3.63) is 76.2 Å². The minimum Gasteiger partial charge on any atom is -0.419 e. The standard InChI is InChI=1S/C18H18N4O3/c1-13(15-9-6-10-16(11-15)22(23)24)21(2)12-17-19-20-18(25-17)14-7-4-3-5-8-14/h3-11,13H,12H2,1-2H3/t13-/m0/s1. The first-order valence-corrected chi connectivity index (χ1v) is 7.87. The molecule has 0 radical (unpaired) electrons. The highest BCUT2D eigenvalue weighted by Crippen LogP contribution is 2.25. The lowest BCUT2D eigenvalue weighted by atomic mass is 10.1. The summed E-state index contributed by atoms with van der Waals surface area (Å²) in [6.07, 6.45) is 0. The fourth-order valence-electron chi connectivity index (χ4n) is 2.52. The van der Waals surface area contributed by atoms with Crippen LogP contribution >= 0.6 is 0 Å². The van der Waals surface area contributed by atoms with Gasteiger partial charge >= 0.3 is 0 Å². The van der Waals surface area contributed by atoms with Crippen molar-refractivity contribution < 1.29 is 9.34 Å². The Balaban J connectivity index is 1.72. The van der Waals surface area contributed by atoms with Gasteiger partial charge in [-0.3, -0.25) is 15.0 Å². The fourth-order valence-corrected chi connectivity index (χ4v) is 2.52. The molecular weight excluding hydrogens is 320 g/mol. The van der Waals surface area contributed by atoms with Crippen LogP contribution in [0.2, 0.25) is 0 Å². The van der Waals surface area contributed by atoms with E-state index < -0.39 is 0 Å². The minimum atomic E-state index is -0.389. The van der Waals surface area contributed by atoms with Crippen molar-refractivity contribution in [1.29, 1.82) is 0 Å².